The van der Waals surface area contributed by atoms with E-state index in [1.807, 2.05) is 42.6 Å². The zero-order valence-electron chi connectivity index (χ0n) is 13.1. The van der Waals surface area contributed by atoms with Crippen LogP contribution in [0.2, 0.25) is 0 Å². The molecule has 122 valence electrons. The number of rotatable bonds is 6. The Hall–Kier alpha value is -2.73. The van der Waals surface area contributed by atoms with Gasteiger partial charge in [-0.15, -0.1) is 11.3 Å². The molecule has 5 nitrogen and oxygen atoms in total. The fourth-order valence-corrected chi connectivity index (χ4v) is 3.00. The summed E-state index contributed by atoms with van der Waals surface area (Å²) in [6, 6.07) is 14.5. The summed E-state index contributed by atoms with van der Waals surface area (Å²) in [5.74, 6) is 0.648. The van der Waals surface area contributed by atoms with Crippen molar-refractivity contribution in [2.45, 2.75) is 20.0 Å². The third kappa shape index (κ3) is 3.97. The van der Waals surface area contributed by atoms with E-state index in [0.717, 1.165) is 21.8 Å². The van der Waals surface area contributed by atoms with Crippen molar-refractivity contribution >= 4 is 17.0 Å². The molecule has 0 bridgehead atoms. The molecule has 1 heterocycles. The van der Waals surface area contributed by atoms with Gasteiger partial charge >= 0.3 is 0 Å². The average molecular weight is 340 g/mol. The molecule has 0 fully saturated rings. The zero-order chi connectivity index (χ0) is 16.9. The predicted octanol–water partition coefficient (Wildman–Crippen LogP) is 4.53. The molecular formula is C18H16N2O3S. The van der Waals surface area contributed by atoms with Gasteiger partial charge in [0.05, 0.1) is 15.6 Å². The molecule has 2 aromatic carbocycles. The second kappa shape index (κ2) is 7.23. The maximum atomic E-state index is 11.1. The first-order chi connectivity index (χ1) is 11.6. The molecule has 1 aromatic heterocycles. The van der Waals surface area contributed by atoms with E-state index in [-0.39, 0.29) is 10.6 Å². The van der Waals surface area contributed by atoms with Gasteiger partial charge in [-0.25, -0.2) is 4.98 Å². The Morgan fingerprint density at radius 1 is 1.21 bits per heavy atom. The van der Waals surface area contributed by atoms with Crippen LogP contribution in [0.25, 0.3) is 0 Å². The largest absolute Gasteiger partial charge is 0.487 e. The van der Waals surface area contributed by atoms with Crippen molar-refractivity contribution in [3.05, 3.63) is 85.9 Å². The monoisotopic (exact) mass is 340 g/mol. The number of hydrogen-bond donors (Lipinski definition) is 0. The van der Waals surface area contributed by atoms with Crippen molar-refractivity contribution in [1.82, 2.24) is 4.98 Å². The molecule has 0 spiro atoms. The van der Waals surface area contributed by atoms with E-state index in [9.17, 15) is 10.1 Å². The van der Waals surface area contributed by atoms with Crippen LogP contribution in [-0.2, 0) is 13.0 Å². The lowest BCUT2D eigenvalue weighted by molar-refractivity contribution is -0.384. The van der Waals surface area contributed by atoms with Gasteiger partial charge in [0.15, 0.2) is 0 Å². The molecule has 3 aromatic rings. The number of non-ortho nitro benzene ring substituents is 1. The van der Waals surface area contributed by atoms with Gasteiger partial charge in [-0.05, 0) is 18.6 Å². The molecule has 0 aliphatic carbocycles. The Balaban J connectivity index is 1.84. The number of nitro benzene ring substituents is 1. The third-order valence-corrected chi connectivity index (χ3v) is 4.36. The summed E-state index contributed by atoms with van der Waals surface area (Å²) in [5, 5.41) is 14.0. The van der Waals surface area contributed by atoms with Crippen molar-refractivity contribution < 1.29 is 9.66 Å². The molecule has 0 atom stereocenters. The Morgan fingerprint density at radius 2 is 2.00 bits per heavy atom. The summed E-state index contributed by atoms with van der Waals surface area (Å²) >= 11 is 1.57. The quantitative estimate of drug-likeness (QED) is 0.488. The SMILES string of the molecule is Cc1nc(COc2ccc([N+](=O)[O-])cc2Cc2ccccc2)cs1. The van der Waals surface area contributed by atoms with Gasteiger partial charge in [0.25, 0.3) is 5.69 Å². The van der Waals surface area contributed by atoms with E-state index < -0.39 is 0 Å². The topological polar surface area (TPSA) is 65.3 Å². The highest BCUT2D eigenvalue weighted by Crippen LogP contribution is 2.27. The minimum atomic E-state index is -0.387. The van der Waals surface area contributed by atoms with Gasteiger partial charge in [-0.3, -0.25) is 10.1 Å². The summed E-state index contributed by atoms with van der Waals surface area (Å²) in [6.07, 6.45) is 0.577. The van der Waals surface area contributed by atoms with Crippen molar-refractivity contribution in [1.29, 1.82) is 0 Å². The Labute approximate surface area is 143 Å². The van der Waals surface area contributed by atoms with Crippen LogP contribution in [0.3, 0.4) is 0 Å². The molecule has 0 aliphatic heterocycles. The fourth-order valence-electron chi connectivity index (χ4n) is 2.40. The molecule has 6 heteroatoms. The first-order valence-corrected chi connectivity index (χ1v) is 8.35. The van der Waals surface area contributed by atoms with Crippen molar-refractivity contribution in [3.63, 3.8) is 0 Å². The third-order valence-electron chi connectivity index (χ3n) is 3.53. The van der Waals surface area contributed by atoms with Gasteiger partial charge in [0, 0.05) is 29.5 Å². The number of ether oxygens (including phenoxy) is 1. The number of benzene rings is 2. The van der Waals surface area contributed by atoms with Gasteiger partial charge in [0.2, 0.25) is 0 Å². The van der Waals surface area contributed by atoms with Crippen LogP contribution in [0, 0.1) is 17.0 Å². The van der Waals surface area contributed by atoms with Crippen LogP contribution < -0.4 is 4.74 Å². The molecule has 0 unspecified atom stereocenters. The zero-order valence-corrected chi connectivity index (χ0v) is 14.0. The first kappa shape index (κ1) is 16.1. The van der Waals surface area contributed by atoms with Crippen molar-refractivity contribution in [3.8, 4) is 5.75 Å². The fraction of sp³-hybridized carbons (Fsp3) is 0.167. The standard InChI is InChI=1S/C18H16N2O3S/c1-13-19-16(12-24-13)11-23-18-8-7-17(20(21)22)10-15(18)9-14-5-3-2-4-6-14/h2-8,10,12H,9,11H2,1H3. The van der Waals surface area contributed by atoms with Gasteiger partial charge in [0.1, 0.15) is 12.4 Å². The van der Waals surface area contributed by atoms with Crippen LogP contribution >= 0.6 is 11.3 Å². The highest BCUT2D eigenvalue weighted by atomic mass is 32.1. The van der Waals surface area contributed by atoms with Crippen LogP contribution in [0.4, 0.5) is 5.69 Å². The van der Waals surface area contributed by atoms with E-state index in [0.29, 0.717) is 18.8 Å². The Bertz CT molecular complexity index is 846. The molecule has 0 saturated carbocycles. The van der Waals surface area contributed by atoms with E-state index in [1.165, 1.54) is 6.07 Å². The van der Waals surface area contributed by atoms with E-state index >= 15 is 0 Å². The molecule has 0 N–H and O–H groups in total. The molecule has 24 heavy (non-hydrogen) atoms. The second-order valence-corrected chi connectivity index (χ2v) is 6.42. The highest BCUT2D eigenvalue weighted by Gasteiger charge is 2.13. The van der Waals surface area contributed by atoms with Crippen molar-refractivity contribution in [2.75, 3.05) is 0 Å². The van der Waals surface area contributed by atoms with Crippen LogP contribution in [0.15, 0.2) is 53.9 Å². The van der Waals surface area contributed by atoms with Gasteiger partial charge < -0.3 is 4.74 Å². The van der Waals surface area contributed by atoms with E-state index in [2.05, 4.69) is 4.98 Å². The number of nitrogens with zero attached hydrogens (tertiary/aromatic N) is 2. The van der Waals surface area contributed by atoms with E-state index in [1.54, 1.807) is 23.5 Å². The number of aromatic nitrogens is 1. The predicted molar refractivity (Wildman–Crippen MR) is 93.5 cm³/mol. The first-order valence-electron chi connectivity index (χ1n) is 7.47. The van der Waals surface area contributed by atoms with E-state index in [4.69, 9.17) is 4.74 Å². The maximum absolute atomic E-state index is 11.1. The lowest BCUT2D eigenvalue weighted by Crippen LogP contribution is -2.01. The lowest BCUT2D eigenvalue weighted by Gasteiger charge is -2.11. The molecule has 0 radical (unpaired) electrons. The smallest absolute Gasteiger partial charge is 0.269 e. The summed E-state index contributed by atoms with van der Waals surface area (Å²) in [7, 11) is 0. The maximum Gasteiger partial charge on any atom is 0.269 e. The van der Waals surface area contributed by atoms with Gasteiger partial charge in [-0.1, -0.05) is 30.3 Å². The van der Waals surface area contributed by atoms with Gasteiger partial charge in [-0.2, -0.15) is 0 Å². The normalized spacial score (nSPS) is 10.5. The summed E-state index contributed by atoms with van der Waals surface area (Å²) < 4.78 is 5.87. The minimum absolute atomic E-state index is 0.0674. The highest BCUT2D eigenvalue weighted by molar-refractivity contribution is 7.09. The van der Waals surface area contributed by atoms with Crippen LogP contribution in [-0.4, -0.2) is 9.91 Å². The molecule has 0 aliphatic rings. The number of aryl methyl sites for hydroxylation is 1. The lowest BCUT2D eigenvalue weighted by atomic mass is 10.0. The molecule has 3 rings (SSSR count). The second-order valence-electron chi connectivity index (χ2n) is 5.36. The number of hydrogen-bond acceptors (Lipinski definition) is 5. The summed E-state index contributed by atoms with van der Waals surface area (Å²) in [5.41, 5.74) is 2.80. The Morgan fingerprint density at radius 3 is 2.67 bits per heavy atom. The molecule has 0 saturated heterocycles. The Kier molecular flexibility index (Phi) is 4.86. The average Bonchev–Trinajstić information content (AvgIpc) is 3.00. The summed E-state index contributed by atoms with van der Waals surface area (Å²) in [4.78, 5) is 15.0. The minimum Gasteiger partial charge on any atom is -0.487 e. The van der Waals surface area contributed by atoms with Crippen molar-refractivity contribution in [2.24, 2.45) is 0 Å². The van der Waals surface area contributed by atoms with Crippen LogP contribution in [0.5, 0.6) is 5.75 Å². The summed E-state index contributed by atoms with van der Waals surface area (Å²) in [6.45, 7) is 2.30. The number of nitro groups is 1. The van der Waals surface area contributed by atoms with Crippen LogP contribution in [0.1, 0.15) is 21.8 Å². The number of thiazole rings is 1. The molecule has 0 amide bonds. The molecular weight excluding hydrogens is 324 g/mol.